The van der Waals surface area contributed by atoms with Gasteiger partial charge in [-0.1, -0.05) is 42.0 Å². The van der Waals surface area contributed by atoms with Crippen LogP contribution in [0.2, 0.25) is 0 Å². The monoisotopic (exact) mass is 240 g/mol. The highest BCUT2D eigenvalue weighted by Crippen LogP contribution is 2.24. The summed E-state index contributed by atoms with van der Waals surface area (Å²) in [6.07, 6.45) is 0. The molecule has 0 unspecified atom stereocenters. The molecule has 0 amide bonds. The highest BCUT2D eigenvalue weighted by Gasteiger charge is 2.05. The summed E-state index contributed by atoms with van der Waals surface area (Å²) in [6, 6.07) is 12.7. The second kappa shape index (κ2) is 5.26. The summed E-state index contributed by atoms with van der Waals surface area (Å²) in [7, 11) is 0. The Morgan fingerprint density at radius 1 is 0.833 bits per heavy atom. The molecule has 0 atom stereocenters. The van der Waals surface area contributed by atoms with Crippen LogP contribution < -0.4 is 4.74 Å². The van der Waals surface area contributed by atoms with E-state index in [9.17, 15) is 0 Å². The zero-order chi connectivity index (χ0) is 13.1. The van der Waals surface area contributed by atoms with Gasteiger partial charge in [0, 0.05) is 0 Å². The molecule has 0 heterocycles. The van der Waals surface area contributed by atoms with Gasteiger partial charge >= 0.3 is 0 Å². The second-order valence-electron chi connectivity index (χ2n) is 4.94. The molecule has 0 bridgehead atoms. The molecule has 1 nitrogen and oxygen atoms in total. The van der Waals surface area contributed by atoms with Crippen molar-refractivity contribution in [3.05, 3.63) is 64.2 Å². The van der Waals surface area contributed by atoms with Gasteiger partial charge in [-0.3, -0.25) is 0 Å². The summed E-state index contributed by atoms with van der Waals surface area (Å²) < 4.78 is 5.99. The van der Waals surface area contributed by atoms with E-state index in [0.717, 1.165) is 5.75 Å². The molecule has 0 saturated carbocycles. The van der Waals surface area contributed by atoms with Crippen molar-refractivity contribution in [2.24, 2.45) is 0 Å². The Hall–Kier alpha value is -1.76. The standard InChI is InChI=1S/C17H20O/c1-12-8-9-13(2)16(10-12)11-18-17-14(3)6-5-7-15(17)4/h5-10H,11H2,1-4H3. The van der Waals surface area contributed by atoms with Crippen molar-refractivity contribution >= 4 is 0 Å². The van der Waals surface area contributed by atoms with E-state index in [1.165, 1.54) is 27.8 Å². The molecule has 0 fully saturated rings. The number of rotatable bonds is 3. The number of hydrogen-bond donors (Lipinski definition) is 0. The van der Waals surface area contributed by atoms with Gasteiger partial charge < -0.3 is 4.74 Å². The summed E-state index contributed by atoms with van der Waals surface area (Å²) >= 11 is 0. The summed E-state index contributed by atoms with van der Waals surface area (Å²) in [5, 5.41) is 0. The molecular formula is C17H20O. The van der Waals surface area contributed by atoms with Gasteiger partial charge in [-0.25, -0.2) is 0 Å². The Morgan fingerprint density at radius 2 is 1.50 bits per heavy atom. The summed E-state index contributed by atoms with van der Waals surface area (Å²) in [4.78, 5) is 0. The average Bonchev–Trinajstić information content (AvgIpc) is 2.33. The maximum absolute atomic E-state index is 5.99. The van der Waals surface area contributed by atoms with Crippen LogP contribution in [-0.4, -0.2) is 0 Å². The Kier molecular flexibility index (Phi) is 3.71. The molecule has 2 rings (SSSR count). The number of ether oxygens (including phenoxy) is 1. The SMILES string of the molecule is Cc1ccc(C)c(COc2c(C)cccc2C)c1. The van der Waals surface area contributed by atoms with Crippen molar-refractivity contribution in [1.82, 2.24) is 0 Å². The molecule has 2 aromatic carbocycles. The maximum atomic E-state index is 5.99. The largest absolute Gasteiger partial charge is 0.488 e. The lowest BCUT2D eigenvalue weighted by molar-refractivity contribution is 0.301. The predicted molar refractivity (Wildman–Crippen MR) is 76.2 cm³/mol. The summed E-state index contributed by atoms with van der Waals surface area (Å²) in [5.74, 6) is 1.01. The van der Waals surface area contributed by atoms with E-state index < -0.39 is 0 Å². The fourth-order valence-corrected chi connectivity index (χ4v) is 2.13. The molecule has 0 aliphatic carbocycles. The van der Waals surface area contributed by atoms with Gasteiger partial charge in [0.25, 0.3) is 0 Å². The first kappa shape index (κ1) is 12.7. The Bertz CT molecular complexity index is 535. The van der Waals surface area contributed by atoms with Crippen LogP contribution in [0.5, 0.6) is 5.75 Å². The average molecular weight is 240 g/mol. The van der Waals surface area contributed by atoms with E-state index in [1.807, 2.05) is 0 Å². The minimum absolute atomic E-state index is 0.638. The first-order chi connectivity index (χ1) is 8.58. The van der Waals surface area contributed by atoms with Crippen LogP contribution >= 0.6 is 0 Å². The molecule has 0 aliphatic rings. The van der Waals surface area contributed by atoms with E-state index >= 15 is 0 Å². The van der Waals surface area contributed by atoms with Crippen molar-refractivity contribution in [2.45, 2.75) is 34.3 Å². The molecule has 0 N–H and O–H groups in total. The Balaban J connectivity index is 2.19. The van der Waals surface area contributed by atoms with Crippen LogP contribution in [0, 0.1) is 27.7 Å². The lowest BCUT2D eigenvalue weighted by Gasteiger charge is -2.13. The number of aryl methyl sites for hydroxylation is 4. The molecule has 0 spiro atoms. The van der Waals surface area contributed by atoms with E-state index in [2.05, 4.69) is 64.1 Å². The van der Waals surface area contributed by atoms with E-state index in [1.54, 1.807) is 0 Å². The van der Waals surface area contributed by atoms with Crippen LogP contribution in [0.15, 0.2) is 36.4 Å². The van der Waals surface area contributed by atoms with Crippen molar-refractivity contribution in [3.63, 3.8) is 0 Å². The minimum Gasteiger partial charge on any atom is -0.488 e. The molecule has 1 heteroatoms. The maximum Gasteiger partial charge on any atom is 0.125 e. The van der Waals surface area contributed by atoms with Crippen LogP contribution in [0.4, 0.5) is 0 Å². The molecule has 0 aliphatic heterocycles. The van der Waals surface area contributed by atoms with Gasteiger partial charge in [0.1, 0.15) is 12.4 Å². The van der Waals surface area contributed by atoms with Crippen LogP contribution in [0.3, 0.4) is 0 Å². The molecule has 0 saturated heterocycles. The predicted octanol–water partition coefficient (Wildman–Crippen LogP) is 4.50. The lowest BCUT2D eigenvalue weighted by Crippen LogP contribution is -2.01. The number of para-hydroxylation sites is 1. The van der Waals surface area contributed by atoms with Crippen molar-refractivity contribution < 1.29 is 4.74 Å². The van der Waals surface area contributed by atoms with E-state index in [0.29, 0.717) is 6.61 Å². The summed E-state index contributed by atoms with van der Waals surface area (Å²) in [5.41, 5.74) is 6.21. The third-order valence-corrected chi connectivity index (χ3v) is 3.29. The van der Waals surface area contributed by atoms with Crippen molar-refractivity contribution in [3.8, 4) is 5.75 Å². The molecule has 94 valence electrons. The first-order valence-electron chi connectivity index (χ1n) is 6.33. The molecule has 2 aromatic rings. The second-order valence-corrected chi connectivity index (χ2v) is 4.94. The van der Waals surface area contributed by atoms with Crippen molar-refractivity contribution in [2.75, 3.05) is 0 Å². The van der Waals surface area contributed by atoms with Gasteiger partial charge in [-0.05, 0) is 49.9 Å². The van der Waals surface area contributed by atoms with Crippen molar-refractivity contribution in [1.29, 1.82) is 0 Å². The minimum atomic E-state index is 0.638. The van der Waals surface area contributed by atoms with Crippen LogP contribution in [0.1, 0.15) is 27.8 Å². The molecule has 0 radical (unpaired) electrons. The van der Waals surface area contributed by atoms with Gasteiger partial charge in [0.2, 0.25) is 0 Å². The Morgan fingerprint density at radius 3 is 2.17 bits per heavy atom. The molecular weight excluding hydrogens is 220 g/mol. The normalized spacial score (nSPS) is 10.4. The third kappa shape index (κ3) is 2.73. The number of benzene rings is 2. The zero-order valence-electron chi connectivity index (χ0n) is 11.6. The van der Waals surface area contributed by atoms with Crippen LogP contribution in [-0.2, 0) is 6.61 Å². The zero-order valence-corrected chi connectivity index (χ0v) is 11.6. The fraction of sp³-hybridized carbons (Fsp3) is 0.294. The van der Waals surface area contributed by atoms with E-state index in [-0.39, 0.29) is 0 Å². The number of hydrogen-bond acceptors (Lipinski definition) is 1. The van der Waals surface area contributed by atoms with Gasteiger partial charge in [0.15, 0.2) is 0 Å². The third-order valence-electron chi connectivity index (χ3n) is 3.29. The van der Waals surface area contributed by atoms with Gasteiger partial charge in [-0.2, -0.15) is 0 Å². The topological polar surface area (TPSA) is 9.23 Å². The molecule has 18 heavy (non-hydrogen) atoms. The van der Waals surface area contributed by atoms with Gasteiger partial charge in [-0.15, -0.1) is 0 Å². The first-order valence-corrected chi connectivity index (χ1v) is 6.33. The van der Waals surface area contributed by atoms with Gasteiger partial charge in [0.05, 0.1) is 0 Å². The lowest BCUT2D eigenvalue weighted by atomic mass is 10.1. The van der Waals surface area contributed by atoms with E-state index in [4.69, 9.17) is 4.74 Å². The Labute approximate surface area is 109 Å². The smallest absolute Gasteiger partial charge is 0.125 e. The van der Waals surface area contributed by atoms with Crippen LogP contribution in [0.25, 0.3) is 0 Å². The molecule has 0 aromatic heterocycles. The highest BCUT2D eigenvalue weighted by molar-refractivity contribution is 5.40. The quantitative estimate of drug-likeness (QED) is 0.767. The highest BCUT2D eigenvalue weighted by atomic mass is 16.5. The summed E-state index contributed by atoms with van der Waals surface area (Å²) in [6.45, 7) is 9.06. The fourth-order valence-electron chi connectivity index (χ4n) is 2.13.